The number of carbonyl (C=O) groups is 1. The van der Waals surface area contributed by atoms with Crippen LogP contribution < -0.4 is 0 Å². The maximum atomic E-state index is 9.64. The third-order valence-corrected chi connectivity index (χ3v) is 1.16. The normalized spacial score (nSPS) is 8.62. The van der Waals surface area contributed by atoms with Gasteiger partial charge in [0.15, 0.2) is 0 Å². The van der Waals surface area contributed by atoms with Gasteiger partial charge >= 0.3 is 6.16 Å². The van der Waals surface area contributed by atoms with Crippen molar-refractivity contribution in [3.63, 3.8) is 0 Å². The molecule has 8 heavy (non-hydrogen) atoms. The lowest BCUT2D eigenvalue weighted by molar-refractivity contribution is 0.109. The summed E-state index contributed by atoms with van der Waals surface area (Å²) in [4.78, 5) is 9.64. The van der Waals surface area contributed by atoms with Crippen LogP contribution in [0, 0.1) is 0 Å². The van der Waals surface area contributed by atoms with Crippen molar-refractivity contribution in [3.05, 3.63) is 0 Å². The molecule has 0 atom stereocenters. The molecule has 48 valence electrons. The minimum absolute atomic E-state index is 0.242. The molecule has 0 rings (SSSR count). The van der Waals surface area contributed by atoms with Crippen LogP contribution >= 0.6 is 11.8 Å². The minimum atomic E-state index is -1.20. The Labute approximate surface area is 52.0 Å². The summed E-state index contributed by atoms with van der Waals surface area (Å²) in [6, 6.07) is 0. The molecule has 0 aromatic rings. The monoisotopic (exact) mass is 136 g/mol. The van der Waals surface area contributed by atoms with E-state index in [1.54, 1.807) is 0 Å². The quantitative estimate of drug-likeness (QED) is 0.362. The van der Waals surface area contributed by atoms with Crippen LogP contribution in [0.2, 0.25) is 0 Å². The standard InChI is InChI=1S/C4H8O3S/c1-2-8-3-7-4(5)6/h2-3H2,1H3,(H,5,6). The van der Waals surface area contributed by atoms with E-state index in [1.165, 1.54) is 11.8 Å². The zero-order valence-corrected chi connectivity index (χ0v) is 5.40. The molecule has 0 spiro atoms. The lowest BCUT2D eigenvalue weighted by Crippen LogP contribution is -1.98. The third kappa shape index (κ3) is 5.62. The molecule has 0 aliphatic rings. The molecular weight excluding hydrogens is 128 g/mol. The van der Waals surface area contributed by atoms with Crippen LogP contribution in [0.1, 0.15) is 6.92 Å². The highest BCUT2D eigenvalue weighted by atomic mass is 32.2. The fourth-order valence-corrected chi connectivity index (χ4v) is 0.526. The molecular formula is C4H8O3S. The first-order valence-corrected chi connectivity index (χ1v) is 3.36. The zero-order chi connectivity index (χ0) is 6.41. The SMILES string of the molecule is CCSCOC(=O)O. The molecule has 0 saturated heterocycles. The smallest absolute Gasteiger partial charge is 0.450 e. The third-order valence-electron chi connectivity index (χ3n) is 0.470. The van der Waals surface area contributed by atoms with E-state index < -0.39 is 6.16 Å². The molecule has 0 bridgehead atoms. The zero-order valence-electron chi connectivity index (χ0n) is 4.59. The highest BCUT2D eigenvalue weighted by molar-refractivity contribution is 7.99. The largest absolute Gasteiger partial charge is 0.506 e. The Morgan fingerprint density at radius 3 is 2.88 bits per heavy atom. The second kappa shape index (κ2) is 4.77. The fraction of sp³-hybridized carbons (Fsp3) is 0.750. The first kappa shape index (κ1) is 7.62. The van der Waals surface area contributed by atoms with Gasteiger partial charge in [0.2, 0.25) is 0 Å². The lowest BCUT2D eigenvalue weighted by Gasteiger charge is -1.94. The molecule has 0 radical (unpaired) electrons. The molecule has 0 fully saturated rings. The number of ether oxygens (including phenoxy) is 1. The Balaban J connectivity index is 2.82. The summed E-state index contributed by atoms with van der Waals surface area (Å²) < 4.78 is 4.16. The van der Waals surface area contributed by atoms with Crippen molar-refractivity contribution in [2.75, 3.05) is 11.7 Å². The van der Waals surface area contributed by atoms with E-state index in [-0.39, 0.29) is 5.94 Å². The molecule has 4 heteroatoms. The van der Waals surface area contributed by atoms with Gasteiger partial charge in [-0.2, -0.15) is 0 Å². The molecule has 0 heterocycles. The van der Waals surface area contributed by atoms with Crippen molar-refractivity contribution in [3.8, 4) is 0 Å². The Hall–Kier alpha value is -0.380. The number of rotatable bonds is 3. The van der Waals surface area contributed by atoms with E-state index in [1.807, 2.05) is 6.92 Å². The van der Waals surface area contributed by atoms with E-state index in [0.29, 0.717) is 0 Å². The summed E-state index contributed by atoms with van der Waals surface area (Å²) in [5, 5.41) is 7.90. The van der Waals surface area contributed by atoms with Crippen molar-refractivity contribution < 1.29 is 14.6 Å². The van der Waals surface area contributed by atoms with Gasteiger partial charge < -0.3 is 9.84 Å². The van der Waals surface area contributed by atoms with E-state index >= 15 is 0 Å². The highest BCUT2D eigenvalue weighted by Crippen LogP contribution is 1.97. The number of carboxylic acid groups (broad SMARTS) is 1. The molecule has 0 aliphatic carbocycles. The fourth-order valence-electron chi connectivity index (χ4n) is 0.175. The number of thioether (sulfide) groups is 1. The Kier molecular flexibility index (Phi) is 4.54. The first-order valence-electron chi connectivity index (χ1n) is 2.20. The molecule has 1 N–H and O–H groups in total. The Morgan fingerprint density at radius 2 is 2.50 bits per heavy atom. The van der Waals surface area contributed by atoms with Gasteiger partial charge in [0, 0.05) is 0 Å². The number of hydrogen-bond donors (Lipinski definition) is 1. The van der Waals surface area contributed by atoms with Gasteiger partial charge in [-0.05, 0) is 5.75 Å². The van der Waals surface area contributed by atoms with Crippen molar-refractivity contribution in [2.45, 2.75) is 6.92 Å². The highest BCUT2D eigenvalue weighted by Gasteiger charge is 1.91. The van der Waals surface area contributed by atoms with Crippen LogP contribution in [0.3, 0.4) is 0 Å². The van der Waals surface area contributed by atoms with Gasteiger partial charge in [0.05, 0.1) is 0 Å². The predicted molar refractivity (Wildman–Crippen MR) is 32.1 cm³/mol. The molecule has 0 aromatic carbocycles. The minimum Gasteiger partial charge on any atom is -0.450 e. The molecule has 0 saturated carbocycles. The molecule has 0 unspecified atom stereocenters. The van der Waals surface area contributed by atoms with E-state index in [4.69, 9.17) is 5.11 Å². The van der Waals surface area contributed by atoms with Gasteiger partial charge in [-0.15, -0.1) is 11.8 Å². The molecule has 0 aliphatic heterocycles. The van der Waals surface area contributed by atoms with Crippen molar-refractivity contribution in [1.82, 2.24) is 0 Å². The second-order valence-electron chi connectivity index (χ2n) is 1.02. The summed E-state index contributed by atoms with van der Waals surface area (Å²) >= 11 is 1.43. The van der Waals surface area contributed by atoms with E-state index in [0.717, 1.165) is 5.75 Å². The van der Waals surface area contributed by atoms with Crippen molar-refractivity contribution in [1.29, 1.82) is 0 Å². The average molecular weight is 136 g/mol. The van der Waals surface area contributed by atoms with Crippen LogP contribution in [-0.4, -0.2) is 23.0 Å². The van der Waals surface area contributed by atoms with Gasteiger partial charge in [-0.25, -0.2) is 4.79 Å². The van der Waals surface area contributed by atoms with Gasteiger partial charge in [0.1, 0.15) is 5.94 Å². The maximum Gasteiger partial charge on any atom is 0.506 e. The summed E-state index contributed by atoms with van der Waals surface area (Å²) in [6.45, 7) is 1.94. The van der Waals surface area contributed by atoms with Crippen molar-refractivity contribution >= 4 is 17.9 Å². The second-order valence-corrected chi connectivity index (χ2v) is 2.24. The van der Waals surface area contributed by atoms with Gasteiger partial charge in [-0.3, -0.25) is 0 Å². The van der Waals surface area contributed by atoms with E-state index in [2.05, 4.69) is 4.74 Å². The molecule has 0 amide bonds. The summed E-state index contributed by atoms with van der Waals surface area (Å²) in [6.07, 6.45) is -1.20. The molecule has 0 aromatic heterocycles. The average Bonchev–Trinajstić information content (AvgIpc) is 1.66. The summed E-state index contributed by atoms with van der Waals surface area (Å²) in [5.74, 6) is 1.12. The van der Waals surface area contributed by atoms with Crippen LogP contribution in [0.5, 0.6) is 0 Å². The topological polar surface area (TPSA) is 46.5 Å². The number of hydrogen-bond acceptors (Lipinski definition) is 3. The van der Waals surface area contributed by atoms with Crippen LogP contribution in [0.25, 0.3) is 0 Å². The van der Waals surface area contributed by atoms with Crippen LogP contribution in [-0.2, 0) is 4.74 Å². The first-order chi connectivity index (χ1) is 3.77. The van der Waals surface area contributed by atoms with Crippen molar-refractivity contribution in [2.24, 2.45) is 0 Å². The predicted octanol–water partition coefficient (Wildman–Crippen LogP) is 1.39. The van der Waals surface area contributed by atoms with Crippen LogP contribution in [0.4, 0.5) is 4.79 Å². The lowest BCUT2D eigenvalue weighted by atomic mass is 11.0. The van der Waals surface area contributed by atoms with Gasteiger partial charge in [0.25, 0.3) is 0 Å². The molecule has 3 nitrogen and oxygen atoms in total. The summed E-state index contributed by atoms with van der Waals surface area (Å²) in [5.41, 5.74) is 0. The Bertz CT molecular complexity index is 73.7. The van der Waals surface area contributed by atoms with E-state index in [9.17, 15) is 4.79 Å². The van der Waals surface area contributed by atoms with Crippen LogP contribution in [0.15, 0.2) is 0 Å². The van der Waals surface area contributed by atoms with Gasteiger partial charge in [-0.1, -0.05) is 6.92 Å². The maximum absolute atomic E-state index is 9.64. The summed E-state index contributed by atoms with van der Waals surface area (Å²) in [7, 11) is 0. The Morgan fingerprint density at radius 1 is 1.88 bits per heavy atom.